The minimum absolute atomic E-state index is 0.283. The van der Waals surface area contributed by atoms with E-state index in [0.29, 0.717) is 24.3 Å². The van der Waals surface area contributed by atoms with Crippen LogP contribution in [0.4, 0.5) is 4.79 Å². The summed E-state index contributed by atoms with van der Waals surface area (Å²) in [4.78, 5) is 38.7. The predicted octanol–water partition coefficient (Wildman–Crippen LogP) is 3.14. The summed E-state index contributed by atoms with van der Waals surface area (Å²) in [5.41, 5.74) is 0.219. The standard InChI is InChI=1S/C21H28N2O5/c1-7-14(4)28-18(24)15(5)23-19(25)21(6,22-20(23)26)16-8-10-17(11-9-16)27-12-13(2)3/h8-11,14-15H,2,7,12H2,1,3-6H3,(H,22,26). The highest BCUT2D eigenvalue weighted by Gasteiger charge is 2.52. The zero-order valence-electron chi connectivity index (χ0n) is 17.1. The summed E-state index contributed by atoms with van der Waals surface area (Å²) < 4.78 is 10.8. The number of urea groups is 1. The first kappa shape index (κ1) is 21.5. The summed E-state index contributed by atoms with van der Waals surface area (Å²) in [6.07, 6.45) is 0.365. The molecule has 3 unspecified atom stereocenters. The quantitative estimate of drug-likeness (QED) is 0.420. The summed E-state index contributed by atoms with van der Waals surface area (Å²) in [6, 6.07) is 5.26. The van der Waals surface area contributed by atoms with Crippen LogP contribution in [0.2, 0.25) is 0 Å². The van der Waals surface area contributed by atoms with Crippen LogP contribution in [0, 0.1) is 0 Å². The lowest BCUT2D eigenvalue weighted by atomic mass is 9.92. The summed E-state index contributed by atoms with van der Waals surface area (Å²) in [5, 5.41) is 2.69. The maximum absolute atomic E-state index is 13.0. The van der Waals surface area contributed by atoms with Gasteiger partial charge >= 0.3 is 12.0 Å². The molecule has 3 atom stereocenters. The molecule has 0 saturated carbocycles. The topological polar surface area (TPSA) is 84.9 Å². The first-order valence-electron chi connectivity index (χ1n) is 9.34. The SMILES string of the molecule is C=C(C)COc1ccc(C2(C)NC(=O)N(C(C)C(=O)OC(C)CC)C2=O)cc1. The summed E-state index contributed by atoms with van der Waals surface area (Å²) in [5.74, 6) is -0.471. The minimum Gasteiger partial charge on any atom is -0.489 e. The van der Waals surface area contributed by atoms with Crippen molar-refractivity contribution in [2.75, 3.05) is 6.61 Å². The average Bonchev–Trinajstić information content (AvgIpc) is 2.89. The van der Waals surface area contributed by atoms with E-state index in [2.05, 4.69) is 11.9 Å². The maximum Gasteiger partial charge on any atom is 0.329 e. The molecule has 0 radical (unpaired) electrons. The van der Waals surface area contributed by atoms with Crippen LogP contribution in [0.1, 0.15) is 46.6 Å². The lowest BCUT2D eigenvalue weighted by Crippen LogP contribution is -2.46. The predicted molar refractivity (Wildman–Crippen MR) is 105 cm³/mol. The number of imide groups is 1. The molecule has 0 aliphatic carbocycles. The number of rotatable bonds is 8. The van der Waals surface area contributed by atoms with Gasteiger partial charge in [-0.15, -0.1) is 0 Å². The molecule has 0 spiro atoms. The van der Waals surface area contributed by atoms with E-state index in [0.717, 1.165) is 10.5 Å². The van der Waals surface area contributed by atoms with Gasteiger partial charge in [0.15, 0.2) is 0 Å². The molecule has 1 aromatic carbocycles. The number of amides is 3. The highest BCUT2D eigenvalue weighted by atomic mass is 16.5. The number of benzene rings is 1. The second kappa shape index (κ2) is 8.46. The third-order valence-corrected chi connectivity index (χ3v) is 4.76. The molecule has 0 bridgehead atoms. The number of hydrogen-bond donors (Lipinski definition) is 1. The Labute approximate surface area is 165 Å². The number of esters is 1. The van der Waals surface area contributed by atoms with Crippen LogP contribution in [0.25, 0.3) is 0 Å². The molecule has 0 aromatic heterocycles. The summed E-state index contributed by atoms with van der Waals surface area (Å²) in [7, 11) is 0. The van der Waals surface area contributed by atoms with Gasteiger partial charge in [0, 0.05) is 0 Å². The molecule has 152 valence electrons. The second-order valence-electron chi connectivity index (χ2n) is 7.33. The highest BCUT2D eigenvalue weighted by molar-refractivity contribution is 6.09. The zero-order valence-corrected chi connectivity index (χ0v) is 17.1. The van der Waals surface area contributed by atoms with E-state index < -0.39 is 29.5 Å². The van der Waals surface area contributed by atoms with Crippen molar-refractivity contribution in [3.8, 4) is 5.75 Å². The lowest BCUT2D eigenvalue weighted by molar-refractivity contribution is -0.156. The molecule has 3 amide bonds. The van der Waals surface area contributed by atoms with E-state index >= 15 is 0 Å². The van der Waals surface area contributed by atoms with Crippen LogP contribution in [-0.4, -0.2) is 41.6 Å². The van der Waals surface area contributed by atoms with Gasteiger partial charge in [0.2, 0.25) is 0 Å². The van der Waals surface area contributed by atoms with Crippen LogP contribution in [0.3, 0.4) is 0 Å². The molecular weight excluding hydrogens is 360 g/mol. The monoisotopic (exact) mass is 388 g/mol. The van der Waals surface area contributed by atoms with Gasteiger partial charge in [-0.1, -0.05) is 25.6 Å². The summed E-state index contributed by atoms with van der Waals surface area (Å²) >= 11 is 0. The van der Waals surface area contributed by atoms with Gasteiger partial charge in [-0.3, -0.25) is 4.79 Å². The van der Waals surface area contributed by atoms with Gasteiger partial charge < -0.3 is 14.8 Å². The smallest absolute Gasteiger partial charge is 0.329 e. The van der Waals surface area contributed by atoms with Crippen LogP contribution >= 0.6 is 0 Å². The van der Waals surface area contributed by atoms with Crippen molar-refractivity contribution in [1.29, 1.82) is 0 Å². The van der Waals surface area contributed by atoms with Crippen molar-refractivity contribution in [3.63, 3.8) is 0 Å². The fourth-order valence-electron chi connectivity index (χ4n) is 2.78. The van der Waals surface area contributed by atoms with E-state index in [1.54, 1.807) is 38.1 Å². The average molecular weight is 388 g/mol. The molecule has 1 fully saturated rings. The third-order valence-electron chi connectivity index (χ3n) is 4.76. The highest BCUT2D eigenvalue weighted by Crippen LogP contribution is 2.31. The largest absolute Gasteiger partial charge is 0.489 e. The Bertz CT molecular complexity index is 774. The number of nitrogens with zero attached hydrogens (tertiary/aromatic N) is 1. The number of nitrogens with one attached hydrogen (secondary N) is 1. The van der Waals surface area contributed by atoms with E-state index in [-0.39, 0.29) is 6.10 Å². The van der Waals surface area contributed by atoms with Crippen molar-refractivity contribution >= 4 is 17.9 Å². The molecule has 7 heteroatoms. The van der Waals surface area contributed by atoms with Gasteiger partial charge in [0.1, 0.15) is 23.9 Å². The van der Waals surface area contributed by atoms with E-state index in [9.17, 15) is 14.4 Å². The van der Waals surface area contributed by atoms with Crippen LogP contribution in [0.15, 0.2) is 36.4 Å². The molecule has 7 nitrogen and oxygen atoms in total. The van der Waals surface area contributed by atoms with Crippen LogP contribution in [-0.2, 0) is 19.9 Å². The van der Waals surface area contributed by atoms with E-state index in [1.807, 2.05) is 13.8 Å². The van der Waals surface area contributed by atoms with Crippen molar-refractivity contribution in [2.24, 2.45) is 0 Å². The maximum atomic E-state index is 13.0. The first-order chi connectivity index (χ1) is 13.1. The summed E-state index contributed by atoms with van der Waals surface area (Å²) in [6.45, 7) is 12.8. The van der Waals surface area contributed by atoms with Crippen molar-refractivity contribution in [1.82, 2.24) is 10.2 Å². The first-order valence-corrected chi connectivity index (χ1v) is 9.34. The Kier molecular flexibility index (Phi) is 6.48. The fraction of sp³-hybridized carbons (Fsp3) is 0.476. The molecular formula is C21H28N2O5. The van der Waals surface area contributed by atoms with Crippen molar-refractivity contribution in [3.05, 3.63) is 42.0 Å². The molecule has 1 aliphatic heterocycles. The Balaban J connectivity index is 2.18. The Morgan fingerprint density at radius 1 is 1.25 bits per heavy atom. The fourth-order valence-corrected chi connectivity index (χ4v) is 2.78. The van der Waals surface area contributed by atoms with Crippen LogP contribution in [0.5, 0.6) is 5.75 Å². The molecule has 1 saturated heterocycles. The number of hydrogen-bond acceptors (Lipinski definition) is 5. The molecule has 1 N–H and O–H groups in total. The third kappa shape index (κ3) is 4.35. The zero-order chi connectivity index (χ0) is 21.1. The lowest BCUT2D eigenvalue weighted by Gasteiger charge is -2.25. The van der Waals surface area contributed by atoms with Gasteiger partial charge in [-0.2, -0.15) is 0 Å². The Morgan fingerprint density at radius 3 is 2.39 bits per heavy atom. The minimum atomic E-state index is -1.27. The number of ether oxygens (including phenoxy) is 2. The molecule has 1 aliphatic rings. The molecule has 28 heavy (non-hydrogen) atoms. The van der Waals surface area contributed by atoms with Gasteiger partial charge in [0.25, 0.3) is 5.91 Å². The van der Waals surface area contributed by atoms with Crippen molar-refractivity contribution in [2.45, 2.75) is 58.7 Å². The van der Waals surface area contributed by atoms with E-state index in [1.165, 1.54) is 6.92 Å². The number of carbonyl (C=O) groups is 3. The van der Waals surface area contributed by atoms with Gasteiger partial charge in [-0.05, 0) is 57.4 Å². The normalized spacial score (nSPS) is 21.1. The Morgan fingerprint density at radius 2 is 1.86 bits per heavy atom. The van der Waals surface area contributed by atoms with Gasteiger partial charge in [-0.25, -0.2) is 14.5 Å². The van der Waals surface area contributed by atoms with Crippen molar-refractivity contribution < 1.29 is 23.9 Å². The number of carbonyl (C=O) groups excluding carboxylic acids is 3. The van der Waals surface area contributed by atoms with Crippen LogP contribution < -0.4 is 10.1 Å². The molecule has 1 heterocycles. The second-order valence-corrected chi connectivity index (χ2v) is 7.33. The van der Waals surface area contributed by atoms with Gasteiger partial charge in [0.05, 0.1) is 6.10 Å². The van der Waals surface area contributed by atoms with E-state index in [4.69, 9.17) is 9.47 Å². The Hall–Kier alpha value is -2.83. The molecule has 1 aromatic rings. The molecule has 2 rings (SSSR count).